The summed E-state index contributed by atoms with van der Waals surface area (Å²) >= 11 is 0. The van der Waals surface area contributed by atoms with Crippen LogP contribution in [0.5, 0.6) is 5.75 Å². The van der Waals surface area contributed by atoms with Crippen LogP contribution in [0.3, 0.4) is 0 Å². The average molecular weight is 572 g/mol. The Bertz CT molecular complexity index is 1000. The van der Waals surface area contributed by atoms with E-state index in [1.165, 1.54) is 24.7 Å². The lowest BCUT2D eigenvalue weighted by atomic mass is 9.78. The average Bonchev–Trinajstić information content (AvgIpc) is 3.26. The Morgan fingerprint density at radius 2 is 1.72 bits per heavy atom. The zero-order valence-corrected chi connectivity index (χ0v) is 22.2. The van der Waals surface area contributed by atoms with E-state index in [1.54, 1.807) is 26.3 Å². The van der Waals surface area contributed by atoms with Crippen molar-refractivity contribution in [2.45, 2.75) is 42.4 Å². The van der Waals surface area contributed by atoms with Crippen LogP contribution in [0.25, 0.3) is 0 Å². The summed E-state index contributed by atoms with van der Waals surface area (Å²) < 4.78 is 28.8. The molecule has 32 heavy (non-hydrogen) atoms. The van der Waals surface area contributed by atoms with Gasteiger partial charge in [-0.15, -0.1) is 24.0 Å². The van der Waals surface area contributed by atoms with E-state index < -0.39 is 9.84 Å². The van der Waals surface area contributed by atoms with Gasteiger partial charge < -0.3 is 15.4 Å². The van der Waals surface area contributed by atoms with Gasteiger partial charge >= 0.3 is 0 Å². The molecule has 1 aliphatic carbocycles. The van der Waals surface area contributed by atoms with Gasteiger partial charge in [0.05, 0.1) is 12.0 Å². The number of ether oxygens (including phenoxy) is 1. The lowest BCUT2D eigenvalue weighted by Crippen LogP contribution is -2.45. The SMILES string of the molecule is CN=C(NCCc1ccc(S(C)(=O)=O)cc1)NCC1(c2ccccc2OC)CCCC1.I. The number of nitrogens with one attached hydrogen (secondary N) is 2. The molecule has 1 aliphatic rings. The van der Waals surface area contributed by atoms with Crippen LogP contribution in [0.2, 0.25) is 0 Å². The first-order chi connectivity index (χ1) is 14.9. The number of halogens is 1. The molecule has 0 aliphatic heterocycles. The van der Waals surface area contributed by atoms with Crippen molar-refractivity contribution in [2.75, 3.05) is 33.5 Å². The van der Waals surface area contributed by atoms with Crippen molar-refractivity contribution < 1.29 is 13.2 Å². The first-order valence-corrected chi connectivity index (χ1v) is 12.6. The largest absolute Gasteiger partial charge is 0.496 e. The zero-order chi connectivity index (χ0) is 22.3. The van der Waals surface area contributed by atoms with Gasteiger partial charge in [-0.3, -0.25) is 4.99 Å². The second kappa shape index (κ2) is 11.9. The molecule has 0 radical (unpaired) electrons. The summed E-state index contributed by atoms with van der Waals surface area (Å²) in [7, 11) is 0.352. The van der Waals surface area contributed by atoms with E-state index in [2.05, 4.69) is 27.8 Å². The van der Waals surface area contributed by atoms with Gasteiger partial charge in [-0.25, -0.2) is 8.42 Å². The van der Waals surface area contributed by atoms with Crippen LogP contribution in [0.4, 0.5) is 0 Å². The van der Waals surface area contributed by atoms with Crippen LogP contribution in [-0.2, 0) is 21.7 Å². The predicted molar refractivity (Wildman–Crippen MR) is 141 cm³/mol. The van der Waals surface area contributed by atoms with Crippen molar-refractivity contribution in [3.05, 3.63) is 59.7 Å². The Kier molecular flexibility index (Phi) is 9.82. The molecule has 8 heteroatoms. The number of methoxy groups -OCH3 is 1. The zero-order valence-electron chi connectivity index (χ0n) is 19.1. The molecule has 2 aromatic rings. The van der Waals surface area contributed by atoms with Crippen molar-refractivity contribution in [1.82, 2.24) is 10.6 Å². The minimum Gasteiger partial charge on any atom is -0.496 e. The first kappa shape index (κ1) is 26.4. The van der Waals surface area contributed by atoms with Gasteiger partial charge in [0.2, 0.25) is 0 Å². The molecule has 0 atom stereocenters. The number of sulfone groups is 1. The number of nitrogens with zero attached hydrogens (tertiary/aromatic N) is 1. The van der Waals surface area contributed by atoms with E-state index in [0.29, 0.717) is 11.4 Å². The summed E-state index contributed by atoms with van der Waals surface area (Å²) in [5.74, 6) is 1.72. The smallest absolute Gasteiger partial charge is 0.191 e. The summed E-state index contributed by atoms with van der Waals surface area (Å²) in [6, 6.07) is 15.4. The molecule has 2 aromatic carbocycles. The van der Waals surface area contributed by atoms with Crippen LogP contribution in [0, 0.1) is 0 Å². The number of rotatable bonds is 8. The molecule has 3 rings (SSSR count). The number of guanidine groups is 1. The number of hydrogen-bond donors (Lipinski definition) is 2. The van der Waals surface area contributed by atoms with E-state index in [4.69, 9.17) is 4.74 Å². The summed E-state index contributed by atoms with van der Waals surface area (Å²) in [6.45, 7) is 1.51. The maximum Gasteiger partial charge on any atom is 0.191 e. The lowest BCUT2D eigenvalue weighted by Gasteiger charge is -2.32. The fourth-order valence-corrected chi connectivity index (χ4v) is 5.01. The molecule has 0 amide bonds. The topological polar surface area (TPSA) is 79.8 Å². The third kappa shape index (κ3) is 6.60. The second-order valence-electron chi connectivity index (χ2n) is 8.21. The minimum atomic E-state index is -3.16. The van der Waals surface area contributed by atoms with Gasteiger partial charge in [-0.1, -0.05) is 43.2 Å². The van der Waals surface area contributed by atoms with Crippen LogP contribution in [0.1, 0.15) is 36.8 Å². The third-order valence-corrected chi connectivity index (χ3v) is 7.24. The van der Waals surface area contributed by atoms with Gasteiger partial charge in [0.1, 0.15) is 5.75 Å². The number of hydrogen-bond acceptors (Lipinski definition) is 4. The third-order valence-electron chi connectivity index (χ3n) is 6.11. The van der Waals surface area contributed by atoms with Gasteiger partial charge in [-0.05, 0) is 43.0 Å². The maximum absolute atomic E-state index is 11.6. The molecule has 176 valence electrons. The summed E-state index contributed by atoms with van der Waals surface area (Å²) in [5, 5.41) is 6.89. The Morgan fingerprint density at radius 1 is 1.06 bits per heavy atom. The highest BCUT2D eigenvalue weighted by molar-refractivity contribution is 14.0. The van der Waals surface area contributed by atoms with E-state index in [1.807, 2.05) is 24.3 Å². The number of para-hydroxylation sites is 1. The molecule has 0 aromatic heterocycles. The molecule has 2 N–H and O–H groups in total. The normalized spacial score (nSPS) is 15.7. The molecule has 1 saturated carbocycles. The van der Waals surface area contributed by atoms with E-state index >= 15 is 0 Å². The fraction of sp³-hybridized carbons (Fsp3) is 0.458. The quantitative estimate of drug-likeness (QED) is 0.285. The van der Waals surface area contributed by atoms with E-state index in [0.717, 1.165) is 43.1 Å². The molecule has 0 saturated heterocycles. The van der Waals surface area contributed by atoms with Crippen LogP contribution in [-0.4, -0.2) is 47.9 Å². The number of aliphatic imine (C=N–C) groups is 1. The van der Waals surface area contributed by atoms with Gasteiger partial charge in [0, 0.05) is 37.4 Å². The summed E-state index contributed by atoms with van der Waals surface area (Å²) in [6.07, 6.45) is 6.70. The summed E-state index contributed by atoms with van der Waals surface area (Å²) in [5.41, 5.74) is 2.40. The molecular formula is C24H34IN3O3S. The Balaban J connectivity index is 0.00000363. The highest BCUT2D eigenvalue weighted by atomic mass is 127. The van der Waals surface area contributed by atoms with E-state index in [9.17, 15) is 8.42 Å². The lowest BCUT2D eigenvalue weighted by molar-refractivity contribution is 0.371. The van der Waals surface area contributed by atoms with E-state index in [-0.39, 0.29) is 29.4 Å². The monoisotopic (exact) mass is 571 g/mol. The fourth-order valence-electron chi connectivity index (χ4n) is 4.38. The highest BCUT2D eigenvalue weighted by Gasteiger charge is 2.37. The van der Waals surface area contributed by atoms with Crippen molar-refractivity contribution in [1.29, 1.82) is 0 Å². The summed E-state index contributed by atoms with van der Waals surface area (Å²) in [4.78, 5) is 4.72. The molecule has 0 bridgehead atoms. The molecular weight excluding hydrogens is 537 g/mol. The molecule has 0 spiro atoms. The van der Waals surface area contributed by atoms with Crippen molar-refractivity contribution in [2.24, 2.45) is 4.99 Å². The van der Waals surface area contributed by atoms with Crippen molar-refractivity contribution >= 4 is 39.8 Å². The highest BCUT2D eigenvalue weighted by Crippen LogP contribution is 2.44. The number of benzene rings is 2. The predicted octanol–water partition coefficient (Wildman–Crippen LogP) is 3.94. The van der Waals surface area contributed by atoms with Crippen molar-refractivity contribution in [3.63, 3.8) is 0 Å². The first-order valence-electron chi connectivity index (χ1n) is 10.7. The Hall–Kier alpha value is -1.81. The molecule has 6 nitrogen and oxygen atoms in total. The van der Waals surface area contributed by atoms with Crippen molar-refractivity contribution in [3.8, 4) is 5.75 Å². The molecule has 0 unspecified atom stereocenters. The van der Waals surface area contributed by atoms with Gasteiger partial charge in [0.15, 0.2) is 15.8 Å². The van der Waals surface area contributed by atoms with Crippen LogP contribution >= 0.6 is 24.0 Å². The maximum atomic E-state index is 11.6. The minimum absolute atomic E-state index is 0. The second-order valence-corrected chi connectivity index (χ2v) is 10.2. The van der Waals surface area contributed by atoms with Crippen LogP contribution in [0.15, 0.2) is 58.4 Å². The Morgan fingerprint density at radius 3 is 2.31 bits per heavy atom. The molecule has 1 fully saturated rings. The van der Waals surface area contributed by atoms with Gasteiger partial charge in [-0.2, -0.15) is 0 Å². The van der Waals surface area contributed by atoms with Crippen LogP contribution < -0.4 is 15.4 Å². The Labute approximate surface area is 209 Å². The standard InChI is InChI=1S/C24H33N3O3S.HI/c1-25-23(26-17-14-19-10-12-20(13-11-19)31(3,28)29)27-18-24(15-6-7-16-24)21-8-4-5-9-22(21)30-2;/h4-5,8-13H,6-7,14-18H2,1-3H3,(H2,25,26,27);1H. The molecule has 0 heterocycles. The van der Waals surface area contributed by atoms with Gasteiger partial charge in [0.25, 0.3) is 0 Å².